The zero-order chi connectivity index (χ0) is 67.5. The fraction of sp³-hybridized carbons (Fsp3) is 0.944. The van der Waals surface area contributed by atoms with Gasteiger partial charge in [0, 0.05) is 25.7 Å². The maximum absolute atomic E-state index is 13.0. The number of phosphoric acid groups is 2. The van der Waals surface area contributed by atoms with Gasteiger partial charge in [-0.3, -0.25) is 37.3 Å². The Balaban J connectivity index is 5.25. The van der Waals surface area contributed by atoms with Gasteiger partial charge in [0.25, 0.3) is 0 Å². The van der Waals surface area contributed by atoms with Crippen molar-refractivity contribution in [3.63, 3.8) is 0 Å². The minimum Gasteiger partial charge on any atom is -0.462 e. The summed E-state index contributed by atoms with van der Waals surface area (Å²) in [4.78, 5) is 72.6. The number of hydrogen-bond acceptors (Lipinski definition) is 15. The van der Waals surface area contributed by atoms with E-state index in [0.29, 0.717) is 31.6 Å². The van der Waals surface area contributed by atoms with E-state index < -0.39 is 97.5 Å². The molecule has 540 valence electrons. The number of aliphatic hydroxyl groups excluding tert-OH is 1. The van der Waals surface area contributed by atoms with E-state index >= 15 is 0 Å². The predicted octanol–water partition coefficient (Wildman–Crippen LogP) is 20.5. The molecule has 0 amide bonds. The summed E-state index contributed by atoms with van der Waals surface area (Å²) in [6.07, 6.45) is 44.5. The molecule has 0 rings (SSSR count). The van der Waals surface area contributed by atoms with Crippen molar-refractivity contribution in [2.24, 2.45) is 23.7 Å². The lowest BCUT2D eigenvalue weighted by atomic mass is 9.99. The molecule has 0 aliphatic rings. The molecule has 0 spiro atoms. The topological polar surface area (TPSA) is 237 Å². The second-order valence-electron chi connectivity index (χ2n) is 27.6. The van der Waals surface area contributed by atoms with Gasteiger partial charge in [-0.2, -0.15) is 0 Å². The monoisotopic (exact) mass is 1340 g/mol. The van der Waals surface area contributed by atoms with Crippen LogP contribution in [0.15, 0.2) is 0 Å². The van der Waals surface area contributed by atoms with Crippen LogP contribution in [0.2, 0.25) is 0 Å². The van der Waals surface area contributed by atoms with Gasteiger partial charge in [-0.05, 0) is 49.4 Å². The van der Waals surface area contributed by atoms with Gasteiger partial charge < -0.3 is 33.8 Å². The Bertz CT molecular complexity index is 1800. The molecule has 0 aliphatic heterocycles. The first-order chi connectivity index (χ1) is 43.6. The summed E-state index contributed by atoms with van der Waals surface area (Å²) in [7, 11) is -9.91. The van der Waals surface area contributed by atoms with Crippen molar-refractivity contribution in [3.8, 4) is 0 Å². The first kappa shape index (κ1) is 89.1. The molecule has 0 aromatic rings. The molecule has 0 aromatic heterocycles. The van der Waals surface area contributed by atoms with Crippen molar-refractivity contribution in [2.75, 3.05) is 39.6 Å². The van der Waals surface area contributed by atoms with Crippen LogP contribution >= 0.6 is 15.6 Å². The summed E-state index contributed by atoms with van der Waals surface area (Å²) in [6, 6.07) is 0. The van der Waals surface area contributed by atoms with Crippen molar-refractivity contribution >= 4 is 39.5 Å². The smallest absolute Gasteiger partial charge is 0.462 e. The molecule has 0 saturated carbocycles. The van der Waals surface area contributed by atoms with Crippen LogP contribution < -0.4 is 0 Å². The van der Waals surface area contributed by atoms with Crippen molar-refractivity contribution < 1.29 is 80.2 Å². The Morgan fingerprint density at radius 3 is 0.780 bits per heavy atom. The molecule has 3 unspecified atom stereocenters. The summed E-state index contributed by atoms with van der Waals surface area (Å²) >= 11 is 0. The van der Waals surface area contributed by atoms with Gasteiger partial charge in [0.1, 0.15) is 19.3 Å². The third-order valence-electron chi connectivity index (χ3n) is 16.9. The number of ether oxygens (including phenoxy) is 4. The first-order valence-electron chi connectivity index (χ1n) is 37.2. The molecule has 91 heavy (non-hydrogen) atoms. The largest absolute Gasteiger partial charge is 0.472 e. The number of rotatable bonds is 69. The number of hydrogen-bond donors (Lipinski definition) is 3. The van der Waals surface area contributed by atoms with E-state index in [9.17, 15) is 43.2 Å². The van der Waals surface area contributed by atoms with Crippen LogP contribution in [0.3, 0.4) is 0 Å². The van der Waals surface area contributed by atoms with Crippen LogP contribution in [0.4, 0.5) is 0 Å². The molecule has 6 atom stereocenters. The van der Waals surface area contributed by atoms with Gasteiger partial charge in [-0.15, -0.1) is 0 Å². The van der Waals surface area contributed by atoms with Crippen LogP contribution in [0, 0.1) is 23.7 Å². The first-order valence-corrected chi connectivity index (χ1v) is 40.2. The Morgan fingerprint density at radius 2 is 0.527 bits per heavy atom. The zero-order valence-electron chi connectivity index (χ0n) is 59.5. The third kappa shape index (κ3) is 65.1. The molecule has 17 nitrogen and oxygen atoms in total. The molecule has 0 aromatic carbocycles. The number of unbranched alkanes of at least 4 members (excludes halogenated alkanes) is 34. The van der Waals surface area contributed by atoms with Crippen molar-refractivity contribution in [3.05, 3.63) is 0 Å². The number of esters is 4. The maximum atomic E-state index is 13.0. The van der Waals surface area contributed by atoms with Crippen molar-refractivity contribution in [1.82, 2.24) is 0 Å². The Kier molecular flexibility index (Phi) is 60.3. The number of carbonyl (C=O) groups excluding carboxylic acids is 4. The van der Waals surface area contributed by atoms with E-state index in [1.807, 2.05) is 0 Å². The molecule has 0 saturated heterocycles. The number of aliphatic hydroxyl groups is 1. The Labute approximate surface area is 556 Å². The minimum absolute atomic E-state index is 0.104. The highest BCUT2D eigenvalue weighted by Crippen LogP contribution is 2.45. The molecule has 3 N–H and O–H groups in total. The van der Waals surface area contributed by atoms with Crippen molar-refractivity contribution in [1.29, 1.82) is 0 Å². The standard InChI is InChI=1S/C72H140O17P2/c1-9-65(8)51-43-35-26-20-15-17-23-29-39-47-55-72(77)88-67(58-82-69(74)52-44-36-27-21-13-11-10-12-18-24-32-40-48-62(2)3)60-86-90(78,79)84-56-66(73)57-85-91(80,81)87-61-68(59-83-70(75)53-45-37-31-30-34-42-50-64(6)7)89-71(76)54-46-38-28-22-16-14-19-25-33-41-49-63(4)5/h62-68,73H,9-61H2,1-8H3,(H,78,79)(H,80,81)/t65?,66-,67-,68-/m1/s1. The summed E-state index contributed by atoms with van der Waals surface area (Å²) in [6.45, 7) is 14.1. The fourth-order valence-corrected chi connectivity index (χ4v) is 12.4. The highest BCUT2D eigenvalue weighted by Gasteiger charge is 2.30. The molecule has 0 bridgehead atoms. The molecule has 0 heterocycles. The van der Waals surface area contributed by atoms with E-state index in [4.69, 9.17) is 37.0 Å². The Morgan fingerprint density at radius 1 is 0.308 bits per heavy atom. The quantitative estimate of drug-likeness (QED) is 0.0222. The highest BCUT2D eigenvalue weighted by molar-refractivity contribution is 7.47. The van der Waals surface area contributed by atoms with Crippen LogP contribution in [0.1, 0.15) is 357 Å². The third-order valence-corrected chi connectivity index (χ3v) is 18.8. The van der Waals surface area contributed by atoms with Gasteiger partial charge in [-0.1, -0.05) is 306 Å². The lowest BCUT2D eigenvalue weighted by Crippen LogP contribution is -2.30. The molecular formula is C72H140O17P2. The predicted molar refractivity (Wildman–Crippen MR) is 367 cm³/mol. The van der Waals surface area contributed by atoms with Gasteiger partial charge in [0.05, 0.1) is 26.4 Å². The molecule has 0 aliphatic carbocycles. The van der Waals surface area contributed by atoms with E-state index in [0.717, 1.165) is 114 Å². The van der Waals surface area contributed by atoms with Gasteiger partial charge in [-0.25, -0.2) is 9.13 Å². The number of phosphoric ester groups is 2. The van der Waals surface area contributed by atoms with Crippen LogP contribution in [0.5, 0.6) is 0 Å². The summed E-state index contributed by atoms with van der Waals surface area (Å²) in [5.74, 6) is 0.888. The summed E-state index contributed by atoms with van der Waals surface area (Å²) in [5, 5.41) is 10.6. The van der Waals surface area contributed by atoms with Gasteiger partial charge >= 0.3 is 39.5 Å². The van der Waals surface area contributed by atoms with Crippen molar-refractivity contribution in [2.45, 2.75) is 375 Å². The van der Waals surface area contributed by atoms with Crippen LogP contribution in [-0.2, 0) is 65.4 Å². The molecule has 0 fully saturated rings. The van der Waals surface area contributed by atoms with Crippen LogP contribution in [0.25, 0.3) is 0 Å². The van der Waals surface area contributed by atoms with E-state index in [2.05, 4.69) is 55.4 Å². The van der Waals surface area contributed by atoms with E-state index in [1.54, 1.807) is 0 Å². The fourth-order valence-electron chi connectivity index (χ4n) is 10.8. The lowest BCUT2D eigenvalue weighted by molar-refractivity contribution is -0.161. The zero-order valence-corrected chi connectivity index (χ0v) is 61.3. The van der Waals surface area contributed by atoms with E-state index in [-0.39, 0.29) is 25.7 Å². The maximum Gasteiger partial charge on any atom is 0.472 e. The second kappa shape index (κ2) is 61.6. The second-order valence-corrected chi connectivity index (χ2v) is 30.6. The lowest BCUT2D eigenvalue weighted by Gasteiger charge is -2.21. The highest BCUT2D eigenvalue weighted by atomic mass is 31.2. The van der Waals surface area contributed by atoms with E-state index in [1.165, 1.54) is 154 Å². The van der Waals surface area contributed by atoms with Gasteiger partial charge in [0.15, 0.2) is 12.2 Å². The SMILES string of the molecule is CCC(C)CCCCCCCCCCCCC(=O)O[C@H](COC(=O)CCCCCCCCCCCCCCC(C)C)COP(=O)(O)OC[C@@H](O)COP(=O)(O)OC[C@@H](COC(=O)CCCCCCCCC(C)C)OC(=O)CCCCCCCCCCCCC(C)C. The molecular weight excluding hydrogens is 1200 g/mol. The molecule has 0 radical (unpaired) electrons. The average Bonchev–Trinajstić information content (AvgIpc) is 3.31. The Hall–Kier alpha value is -1.94. The summed E-state index contributed by atoms with van der Waals surface area (Å²) in [5.41, 5.74) is 0. The minimum atomic E-state index is -4.95. The molecule has 19 heteroatoms. The van der Waals surface area contributed by atoms with Crippen LogP contribution in [-0.4, -0.2) is 96.7 Å². The number of carbonyl (C=O) groups is 4. The normalized spacial score (nSPS) is 14.5. The summed E-state index contributed by atoms with van der Waals surface area (Å²) < 4.78 is 68.4. The average molecular weight is 1340 g/mol. The van der Waals surface area contributed by atoms with Gasteiger partial charge in [0.2, 0.25) is 0 Å².